The Bertz CT molecular complexity index is 290. The van der Waals surface area contributed by atoms with E-state index >= 15 is 0 Å². The van der Waals surface area contributed by atoms with Crippen LogP contribution in [0.3, 0.4) is 0 Å². The van der Waals surface area contributed by atoms with Gasteiger partial charge < -0.3 is 9.47 Å². The maximum absolute atomic E-state index is 5.42. The summed E-state index contributed by atoms with van der Waals surface area (Å²) in [7, 11) is 0. The summed E-state index contributed by atoms with van der Waals surface area (Å²) in [5, 5.41) is 0. The molecule has 0 radical (unpaired) electrons. The van der Waals surface area contributed by atoms with Gasteiger partial charge in [-0.1, -0.05) is 0 Å². The van der Waals surface area contributed by atoms with E-state index < -0.39 is 0 Å². The monoisotopic (exact) mass is 182 g/mol. The third-order valence-electron chi connectivity index (χ3n) is 1.65. The fraction of sp³-hybridized carbons (Fsp3) is 0.429. The van der Waals surface area contributed by atoms with E-state index in [1.165, 1.54) is 0 Å². The number of nitrogens with one attached hydrogen (secondary N) is 1. The van der Waals surface area contributed by atoms with Crippen LogP contribution >= 0.6 is 0 Å². The summed E-state index contributed by atoms with van der Waals surface area (Å²) < 4.78 is 10.4. The fourth-order valence-electron chi connectivity index (χ4n) is 0.930. The van der Waals surface area contributed by atoms with Crippen molar-refractivity contribution >= 4 is 5.95 Å². The molecule has 1 aromatic heterocycles. The average Bonchev–Trinajstić information content (AvgIpc) is 2.12. The molecule has 1 aliphatic rings. The summed E-state index contributed by atoms with van der Waals surface area (Å²) in [6, 6.07) is 1.68. The van der Waals surface area contributed by atoms with Gasteiger partial charge in [-0.25, -0.2) is 10.8 Å². The summed E-state index contributed by atoms with van der Waals surface area (Å²) in [4.78, 5) is 7.84. The molecule has 1 aromatic rings. The molecule has 13 heavy (non-hydrogen) atoms. The minimum atomic E-state index is 0.112. The molecule has 0 atom stereocenters. The Morgan fingerprint density at radius 2 is 2.46 bits per heavy atom. The zero-order valence-corrected chi connectivity index (χ0v) is 6.93. The van der Waals surface area contributed by atoms with Gasteiger partial charge in [0.05, 0.1) is 13.2 Å². The summed E-state index contributed by atoms with van der Waals surface area (Å²) in [5.41, 5.74) is 2.34. The summed E-state index contributed by atoms with van der Waals surface area (Å²) >= 11 is 0. The van der Waals surface area contributed by atoms with Crippen LogP contribution in [0, 0.1) is 0 Å². The molecule has 1 saturated heterocycles. The molecule has 6 heteroatoms. The topological polar surface area (TPSA) is 82.3 Å². The SMILES string of the molecule is NNc1nccc(OC2COC2)n1. The molecule has 0 unspecified atom stereocenters. The first-order chi connectivity index (χ1) is 6.38. The lowest BCUT2D eigenvalue weighted by Crippen LogP contribution is -2.38. The number of hydrogen-bond acceptors (Lipinski definition) is 6. The van der Waals surface area contributed by atoms with Crippen LogP contribution in [-0.2, 0) is 4.74 Å². The summed E-state index contributed by atoms with van der Waals surface area (Å²) in [6.07, 6.45) is 1.69. The molecule has 70 valence electrons. The average molecular weight is 182 g/mol. The van der Waals surface area contributed by atoms with Gasteiger partial charge >= 0.3 is 0 Å². The highest BCUT2D eigenvalue weighted by molar-refractivity contribution is 5.25. The molecule has 0 aliphatic carbocycles. The largest absolute Gasteiger partial charge is 0.469 e. The van der Waals surface area contributed by atoms with E-state index in [0.717, 1.165) is 0 Å². The number of nitrogens with two attached hydrogens (primary N) is 1. The number of nitrogens with zero attached hydrogens (tertiary/aromatic N) is 2. The molecule has 0 saturated carbocycles. The van der Waals surface area contributed by atoms with Crippen molar-refractivity contribution in [2.24, 2.45) is 5.84 Å². The molecule has 0 bridgehead atoms. The Labute approximate surface area is 75.0 Å². The van der Waals surface area contributed by atoms with E-state index in [1.807, 2.05) is 0 Å². The van der Waals surface area contributed by atoms with E-state index in [4.69, 9.17) is 15.3 Å². The predicted molar refractivity (Wildman–Crippen MR) is 45.1 cm³/mol. The predicted octanol–water partition coefficient (Wildman–Crippen LogP) is -0.460. The van der Waals surface area contributed by atoms with Crippen molar-refractivity contribution in [3.8, 4) is 5.88 Å². The van der Waals surface area contributed by atoms with Crippen molar-refractivity contribution in [1.29, 1.82) is 0 Å². The lowest BCUT2D eigenvalue weighted by Gasteiger charge is -2.25. The Morgan fingerprint density at radius 1 is 1.62 bits per heavy atom. The second kappa shape index (κ2) is 3.55. The molecule has 0 spiro atoms. The van der Waals surface area contributed by atoms with Crippen molar-refractivity contribution in [2.75, 3.05) is 18.6 Å². The van der Waals surface area contributed by atoms with Gasteiger partial charge in [-0.3, -0.25) is 5.43 Å². The lowest BCUT2D eigenvalue weighted by molar-refractivity contribution is -0.0813. The smallest absolute Gasteiger partial charge is 0.240 e. The molecular formula is C7H10N4O2. The first kappa shape index (κ1) is 8.21. The highest BCUT2D eigenvalue weighted by atomic mass is 16.6. The van der Waals surface area contributed by atoms with Crippen LogP contribution in [0.15, 0.2) is 12.3 Å². The van der Waals surface area contributed by atoms with Gasteiger partial charge in [-0.05, 0) is 0 Å². The van der Waals surface area contributed by atoms with Crippen LogP contribution in [0.25, 0.3) is 0 Å². The van der Waals surface area contributed by atoms with Crippen LogP contribution in [0.4, 0.5) is 5.95 Å². The third-order valence-corrected chi connectivity index (χ3v) is 1.65. The number of hydrazine groups is 1. The van der Waals surface area contributed by atoms with Crippen LogP contribution in [0.5, 0.6) is 5.88 Å². The van der Waals surface area contributed by atoms with Crippen molar-refractivity contribution in [3.05, 3.63) is 12.3 Å². The van der Waals surface area contributed by atoms with E-state index in [9.17, 15) is 0 Å². The number of ether oxygens (including phenoxy) is 2. The van der Waals surface area contributed by atoms with Crippen molar-refractivity contribution in [1.82, 2.24) is 9.97 Å². The summed E-state index contributed by atoms with van der Waals surface area (Å²) in [5.74, 6) is 6.00. The Morgan fingerprint density at radius 3 is 3.08 bits per heavy atom. The van der Waals surface area contributed by atoms with Gasteiger partial charge in [0.15, 0.2) is 0 Å². The molecule has 1 aliphatic heterocycles. The first-order valence-electron chi connectivity index (χ1n) is 3.92. The second-order valence-electron chi connectivity index (χ2n) is 2.64. The maximum atomic E-state index is 5.42. The minimum Gasteiger partial charge on any atom is -0.469 e. The number of anilines is 1. The number of nitrogen functional groups attached to an aromatic ring is 1. The molecular weight excluding hydrogens is 172 g/mol. The highest BCUT2D eigenvalue weighted by Crippen LogP contribution is 2.13. The lowest BCUT2D eigenvalue weighted by atomic mass is 10.3. The Hall–Kier alpha value is -1.40. The first-order valence-corrected chi connectivity index (χ1v) is 3.92. The number of hydrogen-bond donors (Lipinski definition) is 2. The Kier molecular flexibility index (Phi) is 2.24. The fourth-order valence-corrected chi connectivity index (χ4v) is 0.930. The Balaban J connectivity index is 2.01. The van der Waals surface area contributed by atoms with E-state index in [1.54, 1.807) is 12.3 Å². The van der Waals surface area contributed by atoms with Gasteiger partial charge in [-0.15, -0.1) is 0 Å². The van der Waals surface area contributed by atoms with Crippen LogP contribution in [-0.4, -0.2) is 29.3 Å². The van der Waals surface area contributed by atoms with Crippen LogP contribution in [0.1, 0.15) is 0 Å². The van der Waals surface area contributed by atoms with E-state index in [0.29, 0.717) is 25.0 Å². The number of aromatic nitrogens is 2. The van der Waals surface area contributed by atoms with Gasteiger partial charge in [0.1, 0.15) is 6.10 Å². The van der Waals surface area contributed by atoms with Gasteiger partial charge in [0.25, 0.3) is 0 Å². The zero-order valence-electron chi connectivity index (χ0n) is 6.93. The van der Waals surface area contributed by atoms with Crippen LogP contribution in [0.2, 0.25) is 0 Å². The maximum Gasteiger partial charge on any atom is 0.240 e. The third kappa shape index (κ3) is 1.85. The molecule has 6 nitrogen and oxygen atoms in total. The van der Waals surface area contributed by atoms with Gasteiger partial charge in [0.2, 0.25) is 11.8 Å². The normalized spacial score (nSPS) is 16.4. The summed E-state index contributed by atoms with van der Waals surface area (Å²) in [6.45, 7) is 1.24. The van der Waals surface area contributed by atoms with Gasteiger partial charge in [0, 0.05) is 12.3 Å². The molecule has 0 aromatic carbocycles. The molecule has 2 rings (SSSR count). The van der Waals surface area contributed by atoms with Crippen molar-refractivity contribution in [3.63, 3.8) is 0 Å². The second-order valence-corrected chi connectivity index (χ2v) is 2.64. The van der Waals surface area contributed by atoms with Crippen LogP contribution < -0.4 is 16.0 Å². The molecule has 1 fully saturated rings. The number of rotatable bonds is 3. The quantitative estimate of drug-likeness (QED) is 0.486. The zero-order chi connectivity index (χ0) is 9.10. The van der Waals surface area contributed by atoms with Gasteiger partial charge in [-0.2, -0.15) is 4.98 Å². The molecule has 3 N–H and O–H groups in total. The van der Waals surface area contributed by atoms with E-state index in [2.05, 4.69) is 15.4 Å². The highest BCUT2D eigenvalue weighted by Gasteiger charge is 2.20. The van der Waals surface area contributed by atoms with E-state index in [-0.39, 0.29) is 6.10 Å². The standard InChI is InChI=1S/C7H10N4O2/c8-11-7-9-2-1-6(10-7)13-5-3-12-4-5/h1-2,5H,3-4,8H2,(H,9,10,11). The van der Waals surface area contributed by atoms with Crippen molar-refractivity contribution < 1.29 is 9.47 Å². The molecule has 2 heterocycles. The molecule has 0 amide bonds. The van der Waals surface area contributed by atoms with Crippen molar-refractivity contribution in [2.45, 2.75) is 6.10 Å². The minimum absolute atomic E-state index is 0.112.